The first-order chi connectivity index (χ1) is 16.9. The molecular weight excluding hydrogens is 454 g/mol. The predicted molar refractivity (Wildman–Crippen MR) is 145 cm³/mol. The van der Waals surface area contributed by atoms with Gasteiger partial charge < -0.3 is 5.32 Å². The van der Waals surface area contributed by atoms with Crippen molar-refractivity contribution < 1.29 is 9.59 Å². The zero-order valence-corrected chi connectivity index (χ0v) is 21.0. The first kappa shape index (κ1) is 24.5. The molecule has 3 aromatic rings. The molecule has 0 bridgehead atoms. The van der Waals surface area contributed by atoms with Gasteiger partial charge in [-0.25, -0.2) is 4.99 Å². The standard InChI is InChI=1S/C29H29N3O2S/c1-20(2)24-13-11-22(12-14-24)17-26-28(34)32(25-15-9-21(3)10-16-25)29(31-26)35-19-27(33)30-18-23-7-5-4-6-8-23/h4-17,20H,18-19H2,1-3H3,(H,30,33). The number of hydrogen-bond acceptors (Lipinski definition) is 4. The number of hydrogen-bond donors (Lipinski definition) is 1. The lowest BCUT2D eigenvalue weighted by atomic mass is 10.0. The topological polar surface area (TPSA) is 61.8 Å². The summed E-state index contributed by atoms with van der Waals surface area (Å²) in [4.78, 5) is 32.1. The van der Waals surface area contributed by atoms with Gasteiger partial charge in [-0.2, -0.15) is 0 Å². The zero-order valence-electron chi connectivity index (χ0n) is 20.2. The monoisotopic (exact) mass is 483 g/mol. The van der Waals surface area contributed by atoms with Crippen LogP contribution in [0.2, 0.25) is 0 Å². The Morgan fingerprint density at radius 3 is 2.34 bits per heavy atom. The number of amides is 2. The number of carbonyl (C=O) groups excluding carboxylic acids is 2. The van der Waals surface area contributed by atoms with Gasteiger partial charge in [-0.3, -0.25) is 14.5 Å². The van der Waals surface area contributed by atoms with E-state index < -0.39 is 0 Å². The van der Waals surface area contributed by atoms with E-state index in [1.807, 2.05) is 73.7 Å². The molecule has 4 rings (SSSR count). The van der Waals surface area contributed by atoms with Crippen molar-refractivity contribution in [2.24, 2.45) is 4.99 Å². The highest BCUT2D eigenvalue weighted by Gasteiger charge is 2.32. The molecule has 0 unspecified atom stereocenters. The first-order valence-electron chi connectivity index (χ1n) is 11.7. The summed E-state index contributed by atoms with van der Waals surface area (Å²) in [7, 11) is 0. The lowest BCUT2D eigenvalue weighted by molar-refractivity contribution is -0.118. The molecule has 5 nitrogen and oxygen atoms in total. The Hall–Kier alpha value is -3.64. The Morgan fingerprint density at radius 2 is 1.69 bits per heavy atom. The quantitative estimate of drug-likeness (QED) is 0.425. The number of anilines is 1. The fourth-order valence-corrected chi connectivity index (χ4v) is 4.47. The van der Waals surface area contributed by atoms with Gasteiger partial charge in [0.1, 0.15) is 5.70 Å². The Balaban J connectivity index is 1.52. The number of nitrogens with one attached hydrogen (secondary N) is 1. The van der Waals surface area contributed by atoms with Gasteiger partial charge in [-0.05, 0) is 47.7 Å². The summed E-state index contributed by atoms with van der Waals surface area (Å²) in [5, 5.41) is 3.43. The van der Waals surface area contributed by atoms with Gasteiger partial charge >= 0.3 is 0 Å². The lowest BCUT2D eigenvalue weighted by Crippen LogP contribution is -2.32. The Labute approximate surface area is 211 Å². The van der Waals surface area contributed by atoms with E-state index in [1.165, 1.54) is 17.3 Å². The Kier molecular flexibility index (Phi) is 7.83. The van der Waals surface area contributed by atoms with Gasteiger partial charge in [0.05, 0.1) is 11.4 Å². The summed E-state index contributed by atoms with van der Waals surface area (Å²) in [6.07, 6.45) is 1.80. The third kappa shape index (κ3) is 6.28. The second-order valence-electron chi connectivity index (χ2n) is 8.77. The lowest BCUT2D eigenvalue weighted by Gasteiger charge is -2.18. The number of amidine groups is 1. The van der Waals surface area contributed by atoms with Gasteiger partial charge in [0.25, 0.3) is 5.91 Å². The molecule has 3 aromatic carbocycles. The molecule has 0 fully saturated rings. The van der Waals surface area contributed by atoms with E-state index in [0.29, 0.717) is 23.3 Å². The van der Waals surface area contributed by atoms with E-state index in [0.717, 1.165) is 22.4 Å². The maximum absolute atomic E-state index is 13.4. The normalized spacial score (nSPS) is 14.5. The molecule has 1 aliphatic rings. The molecule has 1 aliphatic heterocycles. The second kappa shape index (κ2) is 11.2. The molecule has 35 heavy (non-hydrogen) atoms. The zero-order chi connectivity index (χ0) is 24.8. The van der Waals surface area contributed by atoms with Crippen molar-refractivity contribution >= 4 is 40.5 Å². The minimum atomic E-state index is -0.200. The molecule has 178 valence electrons. The summed E-state index contributed by atoms with van der Waals surface area (Å²) in [6.45, 7) is 6.77. The highest BCUT2D eigenvalue weighted by molar-refractivity contribution is 8.14. The van der Waals surface area contributed by atoms with Crippen LogP contribution >= 0.6 is 11.8 Å². The van der Waals surface area contributed by atoms with Crippen LogP contribution in [0.5, 0.6) is 0 Å². The van der Waals surface area contributed by atoms with Gasteiger partial charge in [-0.15, -0.1) is 0 Å². The van der Waals surface area contributed by atoms with Gasteiger partial charge in [-0.1, -0.05) is 97.9 Å². The number of carbonyl (C=O) groups is 2. The van der Waals surface area contributed by atoms with Gasteiger partial charge in [0.15, 0.2) is 5.17 Å². The number of aryl methyl sites for hydroxylation is 1. The number of benzene rings is 3. The number of nitrogens with zero attached hydrogens (tertiary/aromatic N) is 2. The van der Waals surface area contributed by atoms with Crippen molar-refractivity contribution in [3.05, 3.63) is 107 Å². The maximum atomic E-state index is 13.4. The fourth-order valence-electron chi connectivity index (χ4n) is 3.63. The molecule has 0 spiro atoms. The van der Waals surface area contributed by atoms with Crippen LogP contribution in [-0.4, -0.2) is 22.7 Å². The SMILES string of the molecule is Cc1ccc(N2C(=O)C(=Cc3ccc(C(C)C)cc3)N=C2SCC(=O)NCc2ccccc2)cc1. The highest BCUT2D eigenvalue weighted by atomic mass is 32.2. The van der Waals surface area contributed by atoms with E-state index in [2.05, 4.69) is 36.3 Å². The molecule has 0 saturated carbocycles. The van der Waals surface area contributed by atoms with Crippen molar-refractivity contribution in [1.82, 2.24) is 5.32 Å². The third-order valence-corrected chi connectivity index (χ3v) is 6.63. The van der Waals surface area contributed by atoms with E-state index in [4.69, 9.17) is 0 Å². The van der Waals surface area contributed by atoms with E-state index >= 15 is 0 Å². The number of rotatable bonds is 7. The molecule has 0 atom stereocenters. The summed E-state index contributed by atoms with van der Waals surface area (Å²) in [6, 6.07) is 25.7. The molecule has 0 saturated heterocycles. The maximum Gasteiger partial charge on any atom is 0.283 e. The van der Waals surface area contributed by atoms with Crippen LogP contribution in [0.4, 0.5) is 5.69 Å². The predicted octanol–water partition coefficient (Wildman–Crippen LogP) is 5.91. The average molecular weight is 484 g/mol. The molecule has 0 aliphatic carbocycles. The van der Waals surface area contributed by atoms with Crippen LogP contribution in [-0.2, 0) is 16.1 Å². The van der Waals surface area contributed by atoms with Crippen LogP contribution in [0.1, 0.15) is 42.0 Å². The van der Waals surface area contributed by atoms with Crippen LogP contribution in [0.3, 0.4) is 0 Å². The molecule has 0 aromatic heterocycles. The summed E-state index contributed by atoms with van der Waals surface area (Å²) < 4.78 is 0. The minimum absolute atomic E-state index is 0.112. The largest absolute Gasteiger partial charge is 0.351 e. The van der Waals surface area contributed by atoms with E-state index in [9.17, 15) is 9.59 Å². The second-order valence-corrected chi connectivity index (χ2v) is 9.71. The number of aliphatic imine (C=N–C) groups is 1. The molecular formula is C29H29N3O2S. The summed E-state index contributed by atoms with van der Waals surface area (Å²) in [5.74, 6) is 0.293. The first-order valence-corrected chi connectivity index (χ1v) is 12.6. The van der Waals surface area contributed by atoms with Crippen LogP contribution in [0.25, 0.3) is 6.08 Å². The van der Waals surface area contributed by atoms with Gasteiger partial charge in [0, 0.05) is 6.54 Å². The highest BCUT2D eigenvalue weighted by Crippen LogP contribution is 2.30. The summed E-state index contributed by atoms with van der Waals surface area (Å²) in [5.41, 5.74) is 5.39. The van der Waals surface area contributed by atoms with Crippen LogP contribution in [0, 0.1) is 6.92 Å². The average Bonchev–Trinajstić information content (AvgIpc) is 3.17. The van der Waals surface area contributed by atoms with E-state index in [1.54, 1.807) is 11.0 Å². The summed E-state index contributed by atoms with van der Waals surface area (Å²) >= 11 is 1.26. The van der Waals surface area contributed by atoms with Crippen molar-refractivity contribution in [2.45, 2.75) is 33.2 Å². The smallest absolute Gasteiger partial charge is 0.283 e. The molecule has 2 amide bonds. The van der Waals surface area contributed by atoms with Crippen molar-refractivity contribution in [1.29, 1.82) is 0 Å². The Bertz CT molecular complexity index is 1250. The third-order valence-electron chi connectivity index (χ3n) is 5.69. The molecule has 6 heteroatoms. The number of thioether (sulfide) groups is 1. The van der Waals surface area contributed by atoms with Gasteiger partial charge in [0.2, 0.25) is 5.91 Å². The Morgan fingerprint density at radius 1 is 1.00 bits per heavy atom. The fraction of sp³-hybridized carbons (Fsp3) is 0.207. The van der Waals surface area contributed by atoms with Crippen LogP contribution in [0.15, 0.2) is 89.6 Å². The molecule has 1 N–H and O–H groups in total. The molecule has 0 radical (unpaired) electrons. The van der Waals surface area contributed by atoms with Crippen molar-refractivity contribution in [2.75, 3.05) is 10.7 Å². The van der Waals surface area contributed by atoms with Crippen molar-refractivity contribution in [3.63, 3.8) is 0 Å². The minimum Gasteiger partial charge on any atom is -0.351 e. The van der Waals surface area contributed by atoms with Crippen molar-refractivity contribution in [3.8, 4) is 0 Å². The van der Waals surface area contributed by atoms with E-state index in [-0.39, 0.29) is 17.6 Å². The molecule has 1 heterocycles. The van der Waals surface area contributed by atoms with Crippen LogP contribution < -0.4 is 10.2 Å².